The predicted molar refractivity (Wildman–Crippen MR) is 76.6 cm³/mol. The molecule has 0 fully saturated rings. The standard InChI is InChI=1S/C13H14ClFN4O2/c1-7(2)20-12-17-11(16-3)18-13(19-12)21-9-6-4-5-8(14)10(9)15/h4-7H,1-3H3,(H,16,17,18,19). The van der Waals surface area contributed by atoms with Crippen LogP contribution in [-0.4, -0.2) is 28.1 Å². The van der Waals surface area contributed by atoms with Gasteiger partial charge in [0.15, 0.2) is 11.6 Å². The monoisotopic (exact) mass is 312 g/mol. The van der Waals surface area contributed by atoms with Crippen molar-refractivity contribution < 1.29 is 13.9 Å². The third kappa shape index (κ3) is 3.91. The number of ether oxygens (including phenoxy) is 2. The molecule has 8 heteroatoms. The molecule has 0 amide bonds. The van der Waals surface area contributed by atoms with Gasteiger partial charge in [0, 0.05) is 7.05 Å². The van der Waals surface area contributed by atoms with E-state index in [-0.39, 0.29) is 34.8 Å². The molecule has 112 valence electrons. The quantitative estimate of drug-likeness (QED) is 0.913. The molecule has 1 heterocycles. The lowest BCUT2D eigenvalue weighted by atomic mass is 10.3. The fourth-order valence-corrected chi connectivity index (χ4v) is 1.59. The number of benzene rings is 1. The maximum atomic E-state index is 13.8. The number of aromatic nitrogens is 3. The third-order valence-electron chi connectivity index (χ3n) is 2.28. The Morgan fingerprint density at radius 1 is 1.19 bits per heavy atom. The van der Waals surface area contributed by atoms with Gasteiger partial charge in [-0.1, -0.05) is 17.7 Å². The van der Waals surface area contributed by atoms with Crippen LogP contribution in [0.3, 0.4) is 0 Å². The maximum absolute atomic E-state index is 13.8. The first-order chi connectivity index (χ1) is 9.99. The summed E-state index contributed by atoms with van der Waals surface area (Å²) in [6, 6.07) is 4.40. The van der Waals surface area contributed by atoms with E-state index in [1.54, 1.807) is 13.1 Å². The van der Waals surface area contributed by atoms with Crippen LogP contribution < -0.4 is 14.8 Å². The Labute approximate surface area is 126 Å². The van der Waals surface area contributed by atoms with Gasteiger partial charge in [-0.3, -0.25) is 0 Å². The van der Waals surface area contributed by atoms with E-state index >= 15 is 0 Å². The summed E-state index contributed by atoms with van der Waals surface area (Å²) in [5, 5.41) is 2.70. The minimum Gasteiger partial charge on any atom is -0.461 e. The van der Waals surface area contributed by atoms with Gasteiger partial charge in [-0.2, -0.15) is 9.97 Å². The average Bonchev–Trinajstić information content (AvgIpc) is 2.43. The van der Waals surface area contributed by atoms with Gasteiger partial charge in [0.25, 0.3) is 0 Å². The summed E-state index contributed by atoms with van der Waals surface area (Å²) in [7, 11) is 1.64. The SMILES string of the molecule is CNc1nc(Oc2cccc(Cl)c2F)nc(OC(C)C)n1. The first kappa shape index (κ1) is 15.2. The van der Waals surface area contributed by atoms with Crippen LogP contribution >= 0.6 is 11.6 Å². The molecule has 0 radical (unpaired) electrons. The lowest BCUT2D eigenvalue weighted by Gasteiger charge is -2.11. The number of halogens is 2. The van der Waals surface area contributed by atoms with E-state index in [4.69, 9.17) is 21.1 Å². The summed E-state index contributed by atoms with van der Waals surface area (Å²) in [5.41, 5.74) is 0. The molecule has 0 spiro atoms. The van der Waals surface area contributed by atoms with Crippen molar-refractivity contribution in [2.24, 2.45) is 0 Å². The second-order valence-corrected chi connectivity index (χ2v) is 4.70. The largest absolute Gasteiger partial charge is 0.461 e. The van der Waals surface area contributed by atoms with Crippen molar-refractivity contribution in [3.63, 3.8) is 0 Å². The van der Waals surface area contributed by atoms with Crippen LogP contribution in [0.1, 0.15) is 13.8 Å². The van der Waals surface area contributed by atoms with Crippen LogP contribution in [0.25, 0.3) is 0 Å². The number of hydrogen-bond donors (Lipinski definition) is 1. The highest BCUT2D eigenvalue weighted by Crippen LogP contribution is 2.28. The van der Waals surface area contributed by atoms with Crippen molar-refractivity contribution in [2.75, 3.05) is 12.4 Å². The fourth-order valence-electron chi connectivity index (χ4n) is 1.42. The molecule has 0 aliphatic heterocycles. The Kier molecular flexibility index (Phi) is 4.74. The molecule has 0 unspecified atom stereocenters. The molecule has 21 heavy (non-hydrogen) atoms. The molecule has 0 saturated carbocycles. The first-order valence-corrected chi connectivity index (χ1v) is 6.59. The van der Waals surface area contributed by atoms with Gasteiger partial charge in [-0.25, -0.2) is 4.39 Å². The van der Waals surface area contributed by atoms with Crippen LogP contribution in [0.5, 0.6) is 17.8 Å². The molecule has 0 aliphatic rings. The van der Waals surface area contributed by atoms with Crippen molar-refractivity contribution >= 4 is 17.5 Å². The second kappa shape index (κ2) is 6.53. The van der Waals surface area contributed by atoms with Gasteiger partial charge >= 0.3 is 12.0 Å². The Bertz CT molecular complexity index is 640. The zero-order valence-electron chi connectivity index (χ0n) is 11.7. The highest BCUT2D eigenvalue weighted by atomic mass is 35.5. The molecule has 1 aromatic carbocycles. The predicted octanol–water partition coefficient (Wildman–Crippen LogP) is 3.29. The van der Waals surface area contributed by atoms with Gasteiger partial charge in [-0.15, -0.1) is 4.98 Å². The van der Waals surface area contributed by atoms with Crippen molar-refractivity contribution in [3.8, 4) is 17.8 Å². The van der Waals surface area contributed by atoms with Crippen LogP contribution in [0, 0.1) is 5.82 Å². The zero-order chi connectivity index (χ0) is 15.4. The van der Waals surface area contributed by atoms with E-state index in [0.717, 1.165) is 0 Å². The zero-order valence-corrected chi connectivity index (χ0v) is 12.5. The van der Waals surface area contributed by atoms with Gasteiger partial charge in [0.05, 0.1) is 11.1 Å². The second-order valence-electron chi connectivity index (χ2n) is 4.29. The molecule has 2 rings (SSSR count). The van der Waals surface area contributed by atoms with Gasteiger partial charge in [0.1, 0.15) is 0 Å². The van der Waals surface area contributed by atoms with E-state index in [1.165, 1.54) is 12.1 Å². The van der Waals surface area contributed by atoms with Crippen LogP contribution in [-0.2, 0) is 0 Å². The first-order valence-electron chi connectivity index (χ1n) is 6.22. The van der Waals surface area contributed by atoms with Crippen LogP contribution in [0.4, 0.5) is 10.3 Å². The molecule has 0 bridgehead atoms. The smallest absolute Gasteiger partial charge is 0.330 e. The van der Waals surface area contributed by atoms with Crippen LogP contribution in [0.15, 0.2) is 18.2 Å². The molecule has 1 aromatic heterocycles. The van der Waals surface area contributed by atoms with Crippen molar-refractivity contribution in [1.29, 1.82) is 0 Å². The summed E-state index contributed by atoms with van der Waals surface area (Å²) in [4.78, 5) is 12.0. The molecule has 2 aromatic rings. The minimum absolute atomic E-state index is 0.0472. The normalized spacial score (nSPS) is 10.6. The van der Waals surface area contributed by atoms with E-state index in [9.17, 15) is 4.39 Å². The topological polar surface area (TPSA) is 69.2 Å². The third-order valence-corrected chi connectivity index (χ3v) is 2.57. The average molecular weight is 313 g/mol. The Morgan fingerprint density at radius 2 is 1.90 bits per heavy atom. The number of nitrogens with zero attached hydrogens (tertiary/aromatic N) is 3. The van der Waals surface area contributed by atoms with Gasteiger partial charge in [0.2, 0.25) is 5.95 Å². The van der Waals surface area contributed by atoms with E-state index in [1.807, 2.05) is 13.8 Å². The summed E-state index contributed by atoms with van der Waals surface area (Å²) in [6.07, 6.45) is -0.118. The molecule has 0 saturated heterocycles. The molecule has 6 nitrogen and oxygen atoms in total. The van der Waals surface area contributed by atoms with E-state index < -0.39 is 5.82 Å². The molecule has 0 atom stereocenters. The minimum atomic E-state index is -0.683. The maximum Gasteiger partial charge on any atom is 0.330 e. The van der Waals surface area contributed by atoms with E-state index in [0.29, 0.717) is 0 Å². The Balaban J connectivity index is 2.32. The Hall–Kier alpha value is -2.15. The molecular formula is C13H14ClFN4O2. The van der Waals surface area contributed by atoms with Crippen LogP contribution in [0.2, 0.25) is 5.02 Å². The fraction of sp³-hybridized carbons (Fsp3) is 0.308. The number of rotatable bonds is 5. The molecule has 1 N–H and O–H groups in total. The van der Waals surface area contributed by atoms with Gasteiger partial charge in [-0.05, 0) is 26.0 Å². The summed E-state index contributed by atoms with van der Waals surface area (Å²) >= 11 is 5.69. The van der Waals surface area contributed by atoms with Gasteiger partial charge < -0.3 is 14.8 Å². The lowest BCUT2D eigenvalue weighted by molar-refractivity contribution is 0.218. The Morgan fingerprint density at radius 3 is 2.57 bits per heavy atom. The molecular weight excluding hydrogens is 299 g/mol. The number of hydrogen-bond acceptors (Lipinski definition) is 6. The van der Waals surface area contributed by atoms with Crippen molar-refractivity contribution in [2.45, 2.75) is 20.0 Å². The summed E-state index contributed by atoms with van der Waals surface area (Å²) in [5.74, 6) is -0.513. The number of anilines is 1. The molecule has 0 aliphatic carbocycles. The van der Waals surface area contributed by atoms with Crippen molar-refractivity contribution in [1.82, 2.24) is 15.0 Å². The number of nitrogens with one attached hydrogen (secondary N) is 1. The van der Waals surface area contributed by atoms with Crippen molar-refractivity contribution in [3.05, 3.63) is 29.0 Å². The van der Waals surface area contributed by atoms with E-state index in [2.05, 4.69) is 20.3 Å². The summed E-state index contributed by atoms with van der Waals surface area (Å²) in [6.45, 7) is 3.67. The lowest BCUT2D eigenvalue weighted by Crippen LogP contribution is -2.11. The highest BCUT2D eigenvalue weighted by Gasteiger charge is 2.13. The summed E-state index contributed by atoms with van der Waals surface area (Å²) < 4.78 is 24.5. The highest BCUT2D eigenvalue weighted by molar-refractivity contribution is 6.30.